The molecule has 0 spiro atoms. The van der Waals surface area contributed by atoms with Gasteiger partial charge in [-0.05, 0) is 19.1 Å². The van der Waals surface area contributed by atoms with Crippen molar-refractivity contribution in [2.45, 2.75) is 25.2 Å². The van der Waals surface area contributed by atoms with Crippen molar-refractivity contribution in [1.29, 1.82) is 0 Å². The van der Waals surface area contributed by atoms with E-state index < -0.39 is 24.4 Å². The van der Waals surface area contributed by atoms with Crippen LogP contribution < -0.4 is 10.6 Å². The predicted molar refractivity (Wildman–Crippen MR) is 73.6 cm³/mol. The monoisotopic (exact) mass is 332 g/mol. The SMILES string of the molecule is C[C@](O)(CNC(=O)Nc1cnn(CC(F)(F)F)c1)c1ccco1. The van der Waals surface area contributed by atoms with Crippen LogP contribution in [0, 0.1) is 0 Å². The fourth-order valence-electron chi connectivity index (χ4n) is 1.80. The highest BCUT2D eigenvalue weighted by Crippen LogP contribution is 2.20. The van der Waals surface area contributed by atoms with E-state index in [2.05, 4.69) is 15.7 Å². The Balaban J connectivity index is 1.86. The summed E-state index contributed by atoms with van der Waals surface area (Å²) in [5.41, 5.74) is -1.31. The lowest BCUT2D eigenvalue weighted by molar-refractivity contribution is -0.142. The third-order valence-electron chi connectivity index (χ3n) is 2.88. The van der Waals surface area contributed by atoms with E-state index in [9.17, 15) is 23.1 Å². The number of hydrogen-bond acceptors (Lipinski definition) is 4. The molecule has 0 aliphatic heterocycles. The standard InChI is InChI=1S/C13H15F3N4O3/c1-12(22,10-3-2-4-23-10)7-17-11(21)19-9-5-18-20(6-9)8-13(14,15)16/h2-6,22H,7-8H2,1H3,(H2,17,19,21)/t12-/m0/s1. The van der Waals surface area contributed by atoms with E-state index in [1.165, 1.54) is 13.2 Å². The minimum Gasteiger partial charge on any atom is -0.466 e. The first kappa shape index (κ1) is 16.9. The lowest BCUT2D eigenvalue weighted by Gasteiger charge is -2.21. The lowest BCUT2D eigenvalue weighted by Crippen LogP contribution is -2.40. The Morgan fingerprint density at radius 2 is 2.22 bits per heavy atom. The van der Waals surface area contributed by atoms with Crippen molar-refractivity contribution in [3.63, 3.8) is 0 Å². The van der Waals surface area contributed by atoms with Crippen molar-refractivity contribution in [3.8, 4) is 0 Å². The number of amides is 2. The summed E-state index contributed by atoms with van der Waals surface area (Å²) in [6.07, 6.45) is -0.861. The summed E-state index contributed by atoms with van der Waals surface area (Å²) in [4.78, 5) is 11.7. The van der Waals surface area contributed by atoms with Gasteiger partial charge in [-0.25, -0.2) is 4.79 Å². The van der Waals surface area contributed by atoms with E-state index >= 15 is 0 Å². The Labute approximate surface area is 129 Å². The van der Waals surface area contributed by atoms with Gasteiger partial charge in [0, 0.05) is 6.20 Å². The molecule has 1 atom stereocenters. The molecule has 7 nitrogen and oxygen atoms in total. The number of hydrogen-bond donors (Lipinski definition) is 3. The minimum absolute atomic E-state index is 0.101. The van der Waals surface area contributed by atoms with E-state index in [4.69, 9.17) is 4.42 Å². The molecule has 0 unspecified atom stereocenters. The predicted octanol–water partition coefficient (Wildman–Crippen LogP) is 2.07. The number of nitrogens with zero attached hydrogens (tertiary/aromatic N) is 2. The molecule has 0 saturated heterocycles. The highest BCUT2D eigenvalue weighted by atomic mass is 19.4. The molecule has 10 heteroatoms. The molecule has 3 N–H and O–H groups in total. The van der Waals surface area contributed by atoms with Gasteiger partial charge in [-0.15, -0.1) is 0 Å². The molecule has 23 heavy (non-hydrogen) atoms. The molecule has 2 rings (SSSR count). The molecular weight excluding hydrogens is 317 g/mol. The van der Waals surface area contributed by atoms with E-state index in [-0.39, 0.29) is 18.0 Å². The molecule has 126 valence electrons. The maximum Gasteiger partial charge on any atom is 0.408 e. The lowest BCUT2D eigenvalue weighted by atomic mass is 10.0. The summed E-state index contributed by atoms with van der Waals surface area (Å²) in [6, 6.07) is 2.46. The van der Waals surface area contributed by atoms with Crippen molar-refractivity contribution < 1.29 is 27.5 Å². The number of carbonyl (C=O) groups excluding carboxylic acids is 1. The molecule has 0 radical (unpaired) electrons. The number of carbonyl (C=O) groups is 1. The second-order valence-electron chi connectivity index (χ2n) is 5.10. The number of aliphatic hydroxyl groups is 1. The van der Waals surface area contributed by atoms with Crippen molar-refractivity contribution in [2.24, 2.45) is 0 Å². The van der Waals surface area contributed by atoms with Gasteiger partial charge >= 0.3 is 12.2 Å². The van der Waals surface area contributed by atoms with Gasteiger partial charge in [0.1, 0.15) is 17.9 Å². The Kier molecular flexibility index (Phi) is 4.64. The minimum atomic E-state index is -4.40. The maximum atomic E-state index is 12.2. The average Bonchev–Trinajstić information content (AvgIpc) is 3.06. The van der Waals surface area contributed by atoms with Crippen LogP contribution in [0.15, 0.2) is 35.2 Å². The summed E-state index contributed by atoms with van der Waals surface area (Å²) in [6.45, 7) is 0.0556. The van der Waals surface area contributed by atoms with Crippen LogP contribution in [0.2, 0.25) is 0 Å². The number of rotatable bonds is 5. The van der Waals surface area contributed by atoms with E-state index in [1.54, 1.807) is 12.1 Å². The average molecular weight is 332 g/mol. The first-order valence-electron chi connectivity index (χ1n) is 6.56. The van der Waals surface area contributed by atoms with Crippen LogP contribution >= 0.6 is 0 Å². The molecule has 0 bridgehead atoms. The highest BCUT2D eigenvalue weighted by molar-refractivity contribution is 5.88. The van der Waals surface area contributed by atoms with Gasteiger partial charge in [-0.3, -0.25) is 4.68 Å². The van der Waals surface area contributed by atoms with Gasteiger partial charge in [-0.1, -0.05) is 0 Å². The summed E-state index contributed by atoms with van der Waals surface area (Å²) in [5.74, 6) is 0.274. The van der Waals surface area contributed by atoms with Gasteiger partial charge in [0.2, 0.25) is 0 Å². The zero-order valence-corrected chi connectivity index (χ0v) is 12.1. The van der Waals surface area contributed by atoms with E-state index in [1.807, 2.05) is 0 Å². The van der Waals surface area contributed by atoms with Crippen molar-refractivity contribution in [3.05, 3.63) is 36.5 Å². The number of furan rings is 1. The first-order chi connectivity index (χ1) is 10.7. The van der Waals surface area contributed by atoms with Gasteiger partial charge in [0.25, 0.3) is 0 Å². The summed E-state index contributed by atoms with van der Waals surface area (Å²) in [5, 5.41) is 18.4. The number of halogens is 3. The molecule has 2 amide bonds. The summed E-state index contributed by atoms with van der Waals surface area (Å²) >= 11 is 0. The zero-order chi connectivity index (χ0) is 17.1. The Morgan fingerprint density at radius 1 is 1.48 bits per heavy atom. The van der Waals surface area contributed by atoms with E-state index in [0.29, 0.717) is 4.68 Å². The summed E-state index contributed by atoms with van der Waals surface area (Å²) < 4.78 is 42.3. The molecule has 2 aromatic heterocycles. The Bertz CT molecular complexity index is 650. The fraction of sp³-hybridized carbons (Fsp3) is 0.385. The van der Waals surface area contributed by atoms with Gasteiger partial charge in [-0.2, -0.15) is 18.3 Å². The highest BCUT2D eigenvalue weighted by Gasteiger charge is 2.29. The van der Waals surface area contributed by atoms with Crippen LogP contribution in [-0.2, 0) is 12.1 Å². The van der Waals surface area contributed by atoms with Crippen molar-refractivity contribution >= 4 is 11.7 Å². The number of alkyl halides is 3. The molecule has 2 heterocycles. The van der Waals surface area contributed by atoms with Crippen LogP contribution in [0.25, 0.3) is 0 Å². The fourth-order valence-corrected chi connectivity index (χ4v) is 1.80. The number of urea groups is 1. The van der Waals surface area contributed by atoms with E-state index in [0.717, 1.165) is 12.4 Å². The molecule has 0 aliphatic carbocycles. The third kappa shape index (κ3) is 5.02. The second-order valence-corrected chi connectivity index (χ2v) is 5.10. The number of anilines is 1. The molecule has 0 saturated carbocycles. The second kappa shape index (κ2) is 6.32. The zero-order valence-electron chi connectivity index (χ0n) is 12.1. The Hall–Kier alpha value is -2.49. The molecule has 0 aliphatic rings. The van der Waals surface area contributed by atoms with Crippen LogP contribution in [-0.4, -0.2) is 33.6 Å². The quantitative estimate of drug-likeness (QED) is 0.781. The molecule has 2 aromatic rings. The van der Waals surface area contributed by atoms with Gasteiger partial charge < -0.3 is 20.2 Å². The van der Waals surface area contributed by atoms with Crippen molar-refractivity contribution in [2.75, 3.05) is 11.9 Å². The molecule has 0 aromatic carbocycles. The smallest absolute Gasteiger partial charge is 0.408 e. The third-order valence-corrected chi connectivity index (χ3v) is 2.88. The number of aromatic nitrogens is 2. The summed E-state index contributed by atoms with van der Waals surface area (Å²) in [7, 11) is 0. The molecular formula is C13H15F3N4O3. The normalized spacial score (nSPS) is 14.3. The van der Waals surface area contributed by atoms with Crippen LogP contribution in [0.1, 0.15) is 12.7 Å². The number of nitrogens with one attached hydrogen (secondary N) is 2. The Morgan fingerprint density at radius 3 is 2.83 bits per heavy atom. The van der Waals surface area contributed by atoms with Gasteiger partial charge in [0.15, 0.2) is 0 Å². The molecule has 0 fully saturated rings. The topological polar surface area (TPSA) is 92.3 Å². The first-order valence-corrected chi connectivity index (χ1v) is 6.56. The van der Waals surface area contributed by atoms with Crippen LogP contribution in [0.3, 0.4) is 0 Å². The maximum absolute atomic E-state index is 12.2. The van der Waals surface area contributed by atoms with Gasteiger partial charge in [0.05, 0.1) is 24.7 Å². The van der Waals surface area contributed by atoms with Crippen molar-refractivity contribution in [1.82, 2.24) is 15.1 Å². The van der Waals surface area contributed by atoms with Crippen LogP contribution in [0.5, 0.6) is 0 Å². The van der Waals surface area contributed by atoms with Crippen LogP contribution in [0.4, 0.5) is 23.7 Å². The largest absolute Gasteiger partial charge is 0.466 e.